The van der Waals surface area contributed by atoms with E-state index in [1.165, 1.54) is 6.42 Å². The lowest BCUT2D eigenvalue weighted by molar-refractivity contribution is -0.163. The van der Waals surface area contributed by atoms with Crippen LogP contribution in [0.1, 0.15) is 19.3 Å². The molecular weight excluding hydrogens is 262 g/mol. The molecule has 84 valence electrons. The third-order valence-electron chi connectivity index (χ3n) is 2.27. The molecule has 0 saturated carbocycles. The fraction of sp³-hybridized carbons (Fsp3) is 0.778. The van der Waals surface area contributed by atoms with E-state index in [2.05, 4.69) is 26.0 Å². The third-order valence-corrected chi connectivity index (χ3v) is 2.63. The Morgan fingerprint density at radius 1 is 1.60 bits per heavy atom. The molecule has 0 bridgehead atoms. The van der Waals surface area contributed by atoms with E-state index in [9.17, 15) is 0 Å². The van der Waals surface area contributed by atoms with Crippen molar-refractivity contribution in [1.29, 1.82) is 0 Å². The highest BCUT2D eigenvalue weighted by atomic mass is 79.9. The second-order valence-corrected chi connectivity index (χ2v) is 4.15. The molecule has 1 saturated heterocycles. The van der Waals surface area contributed by atoms with Crippen LogP contribution >= 0.6 is 15.9 Å². The van der Waals surface area contributed by atoms with Gasteiger partial charge < -0.3 is 9.47 Å². The van der Waals surface area contributed by atoms with Crippen molar-refractivity contribution in [2.75, 3.05) is 13.2 Å². The number of rotatable bonds is 4. The second kappa shape index (κ2) is 5.58. The van der Waals surface area contributed by atoms with Gasteiger partial charge >= 0.3 is 0 Å². The lowest BCUT2D eigenvalue weighted by Gasteiger charge is -2.22. The average Bonchev–Trinajstić information content (AvgIpc) is 2.66. The van der Waals surface area contributed by atoms with E-state index < -0.39 is 0 Å². The topological polar surface area (TPSA) is 49.2 Å². The van der Waals surface area contributed by atoms with Gasteiger partial charge in [-0.1, -0.05) is 0 Å². The molecule has 6 heteroatoms. The van der Waals surface area contributed by atoms with Crippen LogP contribution in [0.25, 0.3) is 0 Å². The Kier molecular flexibility index (Phi) is 4.10. The van der Waals surface area contributed by atoms with Crippen LogP contribution in [-0.2, 0) is 16.0 Å². The quantitative estimate of drug-likeness (QED) is 0.837. The minimum Gasteiger partial charge on any atom is -0.353 e. The summed E-state index contributed by atoms with van der Waals surface area (Å²) >= 11 is 3.19. The lowest BCUT2D eigenvalue weighted by Crippen LogP contribution is -2.24. The monoisotopic (exact) mass is 275 g/mol. The van der Waals surface area contributed by atoms with Gasteiger partial charge in [-0.2, -0.15) is 0 Å². The standard InChI is InChI=1S/C9H14BrN3O2/c10-9-11-7-13(12-9)4-6-15-8-3-1-2-5-14-8/h7-8H,1-6H2. The van der Waals surface area contributed by atoms with E-state index in [-0.39, 0.29) is 6.29 Å². The summed E-state index contributed by atoms with van der Waals surface area (Å²) in [5.41, 5.74) is 0. The summed E-state index contributed by atoms with van der Waals surface area (Å²) in [6.45, 7) is 2.14. The van der Waals surface area contributed by atoms with E-state index in [0.29, 0.717) is 17.9 Å². The first-order chi connectivity index (χ1) is 7.34. The first-order valence-electron chi connectivity index (χ1n) is 5.13. The van der Waals surface area contributed by atoms with Gasteiger partial charge in [0.25, 0.3) is 0 Å². The van der Waals surface area contributed by atoms with Crippen molar-refractivity contribution in [1.82, 2.24) is 14.8 Å². The van der Waals surface area contributed by atoms with Gasteiger partial charge in [0.2, 0.25) is 4.73 Å². The Morgan fingerprint density at radius 3 is 3.20 bits per heavy atom. The van der Waals surface area contributed by atoms with Crippen LogP contribution in [0.3, 0.4) is 0 Å². The Bertz CT molecular complexity index is 299. The summed E-state index contributed by atoms with van der Waals surface area (Å²) in [6.07, 6.45) is 5.00. The van der Waals surface area contributed by atoms with E-state index in [1.807, 2.05) is 0 Å². The molecule has 1 aromatic heterocycles. The molecule has 0 radical (unpaired) electrons. The van der Waals surface area contributed by atoms with Crippen LogP contribution < -0.4 is 0 Å². The van der Waals surface area contributed by atoms with Crippen molar-refractivity contribution < 1.29 is 9.47 Å². The Morgan fingerprint density at radius 2 is 2.53 bits per heavy atom. The summed E-state index contributed by atoms with van der Waals surface area (Å²) in [5, 5.41) is 4.09. The molecular formula is C9H14BrN3O2. The van der Waals surface area contributed by atoms with Crippen LogP contribution in [0.2, 0.25) is 0 Å². The van der Waals surface area contributed by atoms with E-state index >= 15 is 0 Å². The minimum atomic E-state index is -0.0225. The van der Waals surface area contributed by atoms with Crippen LogP contribution in [0.4, 0.5) is 0 Å². The molecule has 2 heterocycles. The van der Waals surface area contributed by atoms with Gasteiger partial charge in [-0.25, -0.2) is 9.67 Å². The smallest absolute Gasteiger partial charge is 0.217 e. The van der Waals surface area contributed by atoms with Crippen molar-refractivity contribution >= 4 is 15.9 Å². The number of hydrogen-bond acceptors (Lipinski definition) is 4. The zero-order valence-corrected chi connectivity index (χ0v) is 10.0. The van der Waals surface area contributed by atoms with Gasteiger partial charge in [0, 0.05) is 6.61 Å². The highest BCUT2D eigenvalue weighted by Gasteiger charge is 2.13. The van der Waals surface area contributed by atoms with Gasteiger partial charge in [-0.3, -0.25) is 0 Å². The molecule has 1 unspecified atom stereocenters. The first kappa shape index (κ1) is 11.0. The number of ether oxygens (including phenoxy) is 2. The van der Waals surface area contributed by atoms with Crippen molar-refractivity contribution in [3.05, 3.63) is 11.1 Å². The number of halogens is 1. The number of hydrogen-bond donors (Lipinski definition) is 0. The molecule has 1 atom stereocenters. The highest BCUT2D eigenvalue weighted by molar-refractivity contribution is 9.10. The van der Waals surface area contributed by atoms with Gasteiger partial charge in [0.1, 0.15) is 6.33 Å². The van der Waals surface area contributed by atoms with Crippen LogP contribution in [0.15, 0.2) is 11.1 Å². The van der Waals surface area contributed by atoms with Gasteiger partial charge in [-0.05, 0) is 35.2 Å². The Balaban J connectivity index is 1.65. The predicted molar refractivity (Wildman–Crippen MR) is 57.3 cm³/mol. The molecule has 0 amide bonds. The Hall–Kier alpha value is -0.460. The normalized spacial score (nSPS) is 21.8. The molecule has 0 aliphatic carbocycles. The first-order valence-corrected chi connectivity index (χ1v) is 5.92. The predicted octanol–water partition coefficient (Wildman–Crippen LogP) is 1.58. The Labute approximate surface area is 96.9 Å². The maximum Gasteiger partial charge on any atom is 0.217 e. The largest absolute Gasteiger partial charge is 0.353 e. The second-order valence-electron chi connectivity index (χ2n) is 3.44. The third kappa shape index (κ3) is 3.55. The van der Waals surface area contributed by atoms with Gasteiger partial charge in [0.15, 0.2) is 6.29 Å². The molecule has 15 heavy (non-hydrogen) atoms. The molecule has 0 aromatic carbocycles. The van der Waals surface area contributed by atoms with Crippen molar-refractivity contribution in [2.45, 2.75) is 32.1 Å². The molecule has 0 spiro atoms. The summed E-state index contributed by atoms with van der Waals surface area (Å²) < 4.78 is 13.4. The number of aromatic nitrogens is 3. The zero-order valence-electron chi connectivity index (χ0n) is 8.43. The van der Waals surface area contributed by atoms with E-state index in [1.54, 1.807) is 11.0 Å². The lowest BCUT2D eigenvalue weighted by atomic mass is 10.2. The maximum absolute atomic E-state index is 5.57. The average molecular weight is 276 g/mol. The zero-order chi connectivity index (χ0) is 10.5. The SMILES string of the molecule is Brc1ncn(CCOC2CCCCO2)n1. The fourth-order valence-electron chi connectivity index (χ4n) is 1.50. The van der Waals surface area contributed by atoms with Crippen molar-refractivity contribution in [2.24, 2.45) is 0 Å². The summed E-state index contributed by atoms with van der Waals surface area (Å²) in [7, 11) is 0. The van der Waals surface area contributed by atoms with Gasteiger partial charge in [-0.15, -0.1) is 5.10 Å². The van der Waals surface area contributed by atoms with E-state index in [0.717, 1.165) is 19.4 Å². The molecule has 2 rings (SSSR count). The fourth-order valence-corrected chi connectivity index (χ4v) is 1.80. The molecule has 1 aromatic rings. The molecule has 1 aliphatic rings. The molecule has 5 nitrogen and oxygen atoms in total. The van der Waals surface area contributed by atoms with Crippen LogP contribution in [-0.4, -0.2) is 34.3 Å². The summed E-state index contributed by atoms with van der Waals surface area (Å²) in [5.74, 6) is 0. The molecule has 1 fully saturated rings. The van der Waals surface area contributed by atoms with Crippen molar-refractivity contribution in [3.63, 3.8) is 0 Å². The molecule has 1 aliphatic heterocycles. The van der Waals surface area contributed by atoms with E-state index in [4.69, 9.17) is 9.47 Å². The minimum absolute atomic E-state index is 0.0225. The summed E-state index contributed by atoms with van der Waals surface area (Å²) in [6, 6.07) is 0. The maximum atomic E-state index is 5.57. The highest BCUT2D eigenvalue weighted by Crippen LogP contribution is 2.13. The molecule has 0 N–H and O–H groups in total. The summed E-state index contributed by atoms with van der Waals surface area (Å²) in [4.78, 5) is 3.96. The van der Waals surface area contributed by atoms with Crippen molar-refractivity contribution in [3.8, 4) is 0 Å². The van der Waals surface area contributed by atoms with Gasteiger partial charge in [0.05, 0.1) is 13.2 Å². The van der Waals surface area contributed by atoms with Crippen LogP contribution in [0, 0.1) is 0 Å². The van der Waals surface area contributed by atoms with Crippen LogP contribution in [0.5, 0.6) is 0 Å². The number of nitrogens with zero attached hydrogens (tertiary/aromatic N) is 3.